The molecule has 120 valence electrons. The fourth-order valence-electron chi connectivity index (χ4n) is 1.90. The molecule has 0 radical (unpaired) electrons. The van der Waals surface area contributed by atoms with Gasteiger partial charge >= 0.3 is 5.97 Å². The van der Waals surface area contributed by atoms with Gasteiger partial charge in [-0.1, -0.05) is 24.3 Å². The molecule has 0 unspecified atom stereocenters. The highest BCUT2D eigenvalue weighted by Gasteiger charge is 2.12. The monoisotopic (exact) mass is 379 g/mol. The van der Waals surface area contributed by atoms with Crippen molar-refractivity contribution in [2.75, 3.05) is 11.9 Å². The Kier molecular flexibility index (Phi) is 5.87. The number of ether oxygens (including phenoxy) is 1. The first-order chi connectivity index (χ1) is 11.0. The molecule has 1 amide bonds. The summed E-state index contributed by atoms with van der Waals surface area (Å²) in [5, 5.41) is 2.63. The maximum atomic E-state index is 13.4. The van der Waals surface area contributed by atoms with Crippen molar-refractivity contribution in [3.8, 4) is 0 Å². The standard InChI is InChI=1S/C17H15BrFNO3/c1-11-6-7-15(13(18)8-11)20-16(21)10-23-17(22)9-12-4-2-3-5-14(12)19/h2-8H,9-10H2,1H3,(H,20,21). The molecule has 2 aromatic carbocycles. The van der Waals surface area contributed by atoms with Gasteiger partial charge in [-0.05, 0) is 52.2 Å². The number of aryl methyl sites for hydroxylation is 1. The summed E-state index contributed by atoms with van der Waals surface area (Å²) in [6.45, 7) is 1.51. The third-order valence-corrected chi connectivity index (χ3v) is 3.71. The second kappa shape index (κ2) is 7.87. The Hall–Kier alpha value is -2.21. The molecule has 0 atom stereocenters. The molecule has 0 saturated heterocycles. The van der Waals surface area contributed by atoms with E-state index in [0.717, 1.165) is 10.0 Å². The third kappa shape index (κ3) is 5.17. The molecular weight excluding hydrogens is 365 g/mol. The van der Waals surface area contributed by atoms with Crippen molar-refractivity contribution in [3.05, 3.63) is 63.9 Å². The van der Waals surface area contributed by atoms with Crippen LogP contribution >= 0.6 is 15.9 Å². The minimum Gasteiger partial charge on any atom is -0.455 e. The maximum Gasteiger partial charge on any atom is 0.310 e. The highest BCUT2D eigenvalue weighted by atomic mass is 79.9. The summed E-state index contributed by atoms with van der Waals surface area (Å²) in [4.78, 5) is 23.4. The van der Waals surface area contributed by atoms with Gasteiger partial charge in [-0.2, -0.15) is 0 Å². The topological polar surface area (TPSA) is 55.4 Å². The van der Waals surface area contributed by atoms with Gasteiger partial charge in [-0.15, -0.1) is 0 Å². The van der Waals surface area contributed by atoms with Crippen LogP contribution < -0.4 is 5.32 Å². The number of rotatable bonds is 5. The van der Waals surface area contributed by atoms with Crippen molar-refractivity contribution in [3.63, 3.8) is 0 Å². The zero-order chi connectivity index (χ0) is 16.8. The Morgan fingerprint density at radius 1 is 1.22 bits per heavy atom. The zero-order valence-electron chi connectivity index (χ0n) is 12.4. The molecule has 0 aliphatic rings. The van der Waals surface area contributed by atoms with Crippen LogP contribution in [0.2, 0.25) is 0 Å². The molecule has 0 bridgehead atoms. The highest BCUT2D eigenvalue weighted by molar-refractivity contribution is 9.10. The van der Waals surface area contributed by atoms with Crippen molar-refractivity contribution in [2.24, 2.45) is 0 Å². The van der Waals surface area contributed by atoms with Crippen LogP contribution in [-0.2, 0) is 20.7 Å². The molecule has 0 heterocycles. The summed E-state index contributed by atoms with van der Waals surface area (Å²) in [6.07, 6.45) is -0.214. The fraction of sp³-hybridized carbons (Fsp3) is 0.176. The van der Waals surface area contributed by atoms with Crippen LogP contribution in [0.1, 0.15) is 11.1 Å². The normalized spacial score (nSPS) is 10.2. The smallest absolute Gasteiger partial charge is 0.310 e. The minimum absolute atomic E-state index is 0.214. The molecule has 0 aliphatic heterocycles. The number of carbonyl (C=O) groups excluding carboxylic acids is 2. The maximum absolute atomic E-state index is 13.4. The van der Waals surface area contributed by atoms with Gasteiger partial charge in [-0.3, -0.25) is 9.59 Å². The first-order valence-electron chi connectivity index (χ1n) is 6.91. The number of nitrogens with one attached hydrogen (secondary N) is 1. The molecule has 0 spiro atoms. The molecule has 23 heavy (non-hydrogen) atoms. The summed E-state index contributed by atoms with van der Waals surface area (Å²) in [6, 6.07) is 11.4. The molecule has 0 saturated carbocycles. The number of hydrogen-bond donors (Lipinski definition) is 1. The molecule has 2 aromatic rings. The SMILES string of the molecule is Cc1ccc(NC(=O)COC(=O)Cc2ccccc2F)c(Br)c1. The van der Waals surface area contributed by atoms with Gasteiger partial charge in [0.1, 0.15) is 5.82 Å². The second-order valence-corrected chi connectivity index (χ2v) is 5.81. The van der Waals surface area contributed by atoms with Crippen LogP contribution in [0.3, 0.4) is 0 Å². The highest BCUT2D eigenvalue weighted by Crippen LogP contribution is 2.23. The van der Waals surface area contributed by atoms with Crippen LogP contribution in [-0.4, -0.2) is 18.5 Å². The Balaban J connectivity index is 1.84. The number of amides is 1. The Morgan fingerprint density at radius 2 is 1.96 bits per heavy atom. The van der Waals surface area contributed by atoms with Crippen LogP contribution in [0, 0.1) is 12.7 Å². The lowest BCUT2D eigenvalue weighted by molar-refractivity contribution is -0.146. The Bertz CT molecular complexity index is 734. The number of hydrogen-bond acceptors (Lipinski definition) is 3. The predicted molar refractivity (Wildman–Crippen MR) is 88.6 cm³/mol. The fourth-order valence-corrected chi connectivity index (χ4v) is 2.49. The minimum atomic E-state index is -0.659. The summed E-state index contributed by atoms with van der Waals surface area (Å²) >= 11 is 3.34. The molecular formula is C17H15BrFNO3. The number of esters is 1. The summed E-state index contributed by atoms with van der Waals surface area (Å²) < 4.78 is 19.0. The van der Waals surface area contributed by atoms with Crippen LogP contribution in [0.15, 0.2) is 46.9 Å². The van der Waals surface area contributed by atoms with Gasteiger partial charge < -0.3 is 10.1 Å². The van der Waals surface area contributed by atoms with E-state index < -0.39 is 24.3 Å². The van der Waals surface area contributed by atoms with Crippen molar-refractivity contribution in [1.82, 2.24) is 0 Å². The summed E-state index contributed by atoms with van der Waals surface area (Å²) in [5.74, 6) is -1.60. The summed E-state index contributed by atoms with van der Waals surface area (Å²) in [5.41, 5.74) is 1.87. The first kappa shape index (κ1) is 17.1. The zero-order valence-corrected chi connectivity index (χ0v) is 14.0. The lowest BCUT2D eigenvalue weighted by Gasteiger charge is -2.09. The largest absolute Gasteiger partial charge is 0.455 e. The number of anilines is 1. The van der Waals surface area contributed by atoms with E-state index in [1.54, 1.807) is 12.1 Å². The van der Waals surface area contributed by atoms with E-state index in [2.05, 4.69) is 21.2 Å². The Labute approximate surface area is 141 Å². The molecule has 1 N–H and O–H groups in total. The van der Waals surface area contributed by atoms with Crippen LogP contribution in [0.25, 0.3) is 0 Å². The molecule has 0 fully saturated rings. The van der Waals surface area contributed by atoms with Crippen molar-refractivity contribution in [1.29, 1.82) is 0 Å². The van der Waals surface area contributed by atoms with E-state index in [0.29, 0.717) is 5.69 Å². The third-order valence-electron chi connectivity index (χ3n) is 3.06. The Morgan fingerprint density at radius 3 is 2.65 bits per heavy atom. The van der Waals surface area contributed by atoms with Gasteiger partial charge in [0.05, 0.1) is 12.1 Å². The van der Waals surface area contributed by atoms with Gasteiger partial charge in [-0.25, -0.2) is 4.39 Å². The van der Waals surface area contributed by atoms with Gasteiger partial charge in [0.2, 0.25) is 0 Å². The quantitative estimate of drug-likeness (QED) is 0.807. The van der Waals surface area contributed by atoms with Crippen LogP contribution in [0.5, 0.6) is 0 Å². The average Bonchev–Trinajstić information content (AvgIpc) is 2.50. The van der Waals surface area contributed by atoms with Crippen LogP contribution in [0.4, 0.5) is 10.1 Å². The average molecular weight is 380 g/mol. The second-order valence-electron chi connectivity index (χ2n) is 4.96. The van der Waals surface area contributed by atoms with Crippen molar-refractivity contribution < 1.29 is 18.7 Å². The molecule has 0 aliphatic carbocycles. The summed E-state index contributed by atoms with van der Waals surface area (Å²) in [7, 11) is 0. The van der Waals surface area contributed by atoms with E-state index in [4.69, 9.17) is 4.74 Å². The number of halogens is 2. The lowest BCUT2D eigenvalue weighted by atomic mass is 10.1. The van der Waals surface area contributed by atoms with Crippen molar-refractivity contribution in [2.45, 2.75) is 13.3 Å². The van der Waals surface area contributed by atoms with Gasteiger partial charge in [0, 0.05) is 4.47 Å². The molecule has 6 heteroatoms. The molecule has 2 rings (SSSR count). The first-order valence-corrected chi connectivity index (χ1v) is 7.70. The molecule has 0 aromatic heterocycles. The van der Waals surface area contributed by atoms with E-state index in [9.17, 15) is 14.0 Å². The van der Waals surface area contributed by atoms with Crippen molar-refractivity contribution >= 4 is 33.5 Å². The predicted octanol–water partition coefficient (Wildman–Crippen LogP) is 3.62. The van der Waals surface area contributed by atoms with Gasteiger partial charge in [0.15, 0.2) is 6.61 Å². The van der Waals surface area contributed by atoms with E-state index in [1.165, 1.54) is 18.2 Å². The van der Waals surface area contributed by atoms with Gasteiger partial charge in [0.25, 0.3) is 5.91 Å². The number of carbonyl (C=O) groups is 2. The van der Waals surface area contributed by atoms with E-state index in [-0.39, 0.29) is 12.0 Å². The lowest BCUT2D eigenvalue weighted by Crippen LogP contribution is -2.22. The van der Waals surface area contributed by atoms with E-state index in [1.807, 2.05) is 19.1 Å². The number of benzene rings is 2. The molecule has 4 nitrogen and oxygen atoms in total. The van der Waals surface area contributed by atoms with E-state index >= 15 is 0 Å².